The van der Waals surface area contributed by atoms with Crippen molar-refractivity contribution in [2.45, 2.75) is 25.8 Å². The van der Waals surface area contributed by atoms with E-state index in [-0.39, 0.29) is 22.7 Å². The van der Waals surface area contributed by atoms with Crippen molar-refractivity contribution in [3.63, 3.8) is 0 Å². The summed E-state index contributed by atoms with van der Waals surface area (Å²) in [6, 6.07) is 4.44. The van der Waals surface area contributed by atoms with Crippen LogP contribution in [-0.2, 0) is 0 Å². The molecule has 1 aromatic carbocycles. The Hall–Kier alpha value is -0.930. The minimum atomic E-state index is -0.200. The quantitative estimate of drug-likeness (QED) is 0.811. The summed E-state index contributed by atoms with van der Waals surface area (Å²) in [7, 11) is 0. The fourth-order valence-electron chi connectivity index (χ4n) is 1.41. The van der Waals surface area contributed by atoms with Gasteiger partial charge >= 0.3 is 0 Å². The molecule has 0 heterocycles. The van der Waals surface area contributed by atoms with Crippen LogP contribution in [0.15, 0.2) is 18.2 Å². The number of phenols is 1. The molecule has 0 aliphatic carbocycles. The lowest BCUT2D eigenvalue weighted by Gasteiger charge is -2.13. The first kappa shape index (κ1) is 14.1. The molecule has 2 N–H and O–H groups in total. The number of alkyl halides is 1. The van der Waals surface area contributed by atoms with Gasteiger partial charge in [-0.2, -0.15) is 0 Å². The number of rotatable bonds is 5. The highest BCUT2D eigenvalue weighted by molar-refractivity contribution is 6.32. The van der Waals surface area contributed by atoms with Crippen LogP contribution >= 0.6 is 23.2 Å². The van der Waals surface area contributed by atoms with Gasteiger partial charge in [-0.3, -0.25) is 4.79 Å². The number of amides is 1. The average Bonchev–Trinajstić information content (AvgIpc) is 2.30. The summed E-state index contributed by atoms with van der Waals surface area (Å²) in [5.74, 6) is 0.359. The third-order valence-electron chi connectivity index (χ3n) is 2.36. The Bertz CT molecular complexity index is 396. The second-order valence-corrected chi connectivity index (χ2v) is 4.66. The van der Waals surface area contributed by atoms with Crippen molar-refractivity contribution < 1.29 is 9.90 Å². The van der Waals surface area contributed by atoms with Gasteiger partial charge < -0.3 is 10.4 Å². The smallest absolute Gasteiger partial charge is 0.251 e. The summed E-state index contributed by atoms with van der Waals surface area (Å²) in [5.41, 5.74) is 0.436. The third-order valence-corrected chi connectivity index (χ3v) is 2.93. The van der Waals surface area contributed by atoms with Crippen molar-refractivity contribution in [2.24, 2.45) is 0 Å². The van der Waals surface area contributed by atoms with E-state index in [0.29, 0.717) is 11.4 Å². The lowest BCUT2D eigenvalue weighted by atomic mass is 10.1. The van der Waals surface area contributed by atoms with E-state index in [1.165, 1.54) is 18.2 Å². The summed E-state index contributed by atoms with van der Waals surface area (Å²) in [5, 5.41) is 12.3. The van der Waals surface area contributed by atoms with Crippen LogP contribution in [0.4, 0.5) is 0 Å². The first-order chi connectivity index (χ1) is 8.04. The fraction of sp³-hybridized carbons (Fsp3) is 0.417. The van der Waals surface area contributed by atoms with Gasteiger partial charge in [0.05, 0.1) is 5.02 Å². The van der Waals surface area contributed by atoms with Crippen LogP contribution in [0.1, 0.15) is 30.1 Å². The number of nitrogens with one attached hydrogen (secondary N) is 1. The number of hydrogen-bond donors (Lipinski definition) is 2. The van der Waals surface area contributed by atoms with E-state index < -0.39 is 0 Å². The summed E-state index contributed by atoms with van der Waals surface area (Å²) >= 11 is 11.3. The van der Waals surface area contributed by atoms with Crippen LogP contribution in [0, 0.1) is 0 Å². The van der Waals surface area contributed by atoms with Crippen LogP contribution in [0.2, 0.25) is 5.02 Å². The Labute approximate surface area is 111 Å². The second kappa shape index (κ2) is 6.72. The maximum atomic E-state index is 11.8. The molecule has 3 nitrogen and oxygen atoms in total. The van der Waals surface area contributed by atoms with Crippen LogP contribution in [-0.4, -0.2) is 22.9 Å². The number of carbonyl (C=O) groups excluding carboxylic acids is 1. The van der Waals surface area contributed by atoms with E-state index in [1.807, 2.05) is 6.92 Å². The highest BCUT2D eigenvalue weighted by Gasteiger charge is 2.11. The number of phenolic OH excluding ortho intramolecular Hbond substituents is 1. The average molecular weight is 276 g/mol. The van der Waals surface area contributed by atoms with Gasteiger partial charge in [0.2, 0.25) is 0 Å². The Morgan fingerprint density at radius 2 is 2.24 bits per heavy atom. The number of carbonyl (C=O) groups is 1. The molecule has 0 bridgehead atoms. The molecule has 0 saturated heterocycles. The Morgan fingerprint density at radius 1 is 1.53 bits per heavy atom. The lowest BCUT2D eigenvalue weighted by molar-refractivity contribution is 0.0938. The second-order valence-electron chi connectivity index (χ2n) is 3.87. The lowest BCUT2D eigenvalue weighted by Crippen LogP contribution is -2.32. The first-order valence-corrected chi connectivity index (χ1v) is 6.31. The van der Waals surface area contributed by atoms with Crippen LogP contribution in [0.5, 0.6) is 5.75 Å². The molecule has 1 amide bonds. The Kier molecular flexibility index (Phi) is 5.59. The van der Waals surface area contributed by atoms with Crippen molar-refractivity contribution in [1.29, 1.82) is 0 Å². The van der Waals surface area contributed by atoms with Gasteiger partial charge in [-0.15, -0.1) is 11.6 Å². The molecule has 1 atom stereocenters. The fourth-order valence-corrected chi connectivity index (χ4v) is 1.75. The maximum Gasteiger partial charge on any atom is 0.251 e. The zero-order valence-electron chi connectivity index (χ0n) is 9.54. The van der Waals surface area contributed by atoms with E-state index >= 15 is 0 Å². The minimum Gasteiger partial charge on any atom is -0.506 e. The molecule has 0 aromatic heterocycles. The molecule has 94 valence electrons. The van der Waals surface area contributed by atoms with Gasteiger partial charge in [0.25, 0.3) is 5.91 Å². The van der Waals surface area contributed by atoms with Crippen molar-refractivity contribution in [3.8, 4) is 5.75 Å². The van der Waals surface area contributed by atoms with Crippen LogP contribution < -0.4 is 5.32 Å². The van der Waals surface area contributed by atoms with E-state index in [1.54, 1.807) is 0 Å². The Balaban J connectivity index is 2.60. The van der Waals surface area contributed by atoms with E-state index in [9.17, 15) is 9.90 Å². The Morgan fingerprint density at radius 3 is 2.82 bits per heavy atom. The predicted octanol–water partition coefficient (Wildman–Crippen LogP) is 3.18. The molecule has 0 aliphatic rings. The van der Waals surface area contributed by atoms with Crippen LogP contribution in [0.25, 0.3) is 0 Å². The third kappa shape index (κ3) is 4.44. The van der Waals surface area contributed by atoms with Gasteiger partial charge in [-0.05, 0) is 38.0 Å². The standard InChI is InChI=1S/C12H15Cl2NO2/c1-8(3-2-6-13)15-12(17)9-4-5-11(16)10(14)7-9/h4-5,7-8,16H,2-3,6H2,1H3,(H,15,17). The van der Waals surface area contributed by atoms with Crippen LogP contribution in [0.3, 0.4) is 0 Å². The van der Waals surface area contributed by atoms with Crippen molar-refractivity contribution in [1.82, 2.24) is 5.32 Å². The molecule has 0 aliphatic heterocycles. The van der Waals surface area contributed by atoms with Gasteiger partial charge in [0, 0.05) is 17.5 Å². The molecule has 0 spiro atoms. The molecule has 17 heavy (non-hydrogen) atoms. The summed E-state index contributed by atoms with van der Waals surface area (Å²) < 4.78 is 0. The molecule has 0 fully saturated rings. The highest BCUT2D eigenvalue weighted by atomic mass is 35.5. The number of benzene rings is 1. The monoisotopic (exact) mass is 275 g/mol. The first-order valence-electron chi connectivity index (χ1n) is 5.40. The summed E-state index contributed by atoms with van der Waals surface area (Å²) in [6.07, 6.45) is 1.69. The number of hydrogen-bond acceptors (Lipinski definition) is 2. The molecular formula is C12H15Cl2NO2. The van der Waals surface area contributed by atoms with E-state index in [0.717, 1.165) is 12.8 Å². The predicted molar refractivity (Wildman–Crippen MR) is 70.0 cm³/mol. The molecule has 1 aromatic rings. The number of aromatic hydroxyl groups is 1. The van der Waals surface area contributed by atoms with Gasteiger partial charge in [0.15, 0.2) is 0 Å². The summed E-state index contributed by atoms with van der Waals surface area (Å²) in [4.78, 5) is 11.8. The van der Waals surface area contributed by atoms with Gasteiger partial charge in [-0.25, -0.2) is 0 Å². The molecule has 1 unspecified atom stereocenters. The maximum absolute atomic E-state index is 11.8. The van der Waals surface area contributed by atoms with Crippen molar-refractivity contribution in [3.05, 3.63) is 28.8 Å². The SMILES string of the molecule is CC(CCCCl)NC(=O)c1ccc(O)c(Cl)c1. The zero-order valence-corrected chi connectivity index (χ0v) is 11.1. The largest absolute Gasteiger partial charge is 0.506 e. The van der Waals surface area contributed by atoms with Gasteiger partial charge in [-0.1, -0.05) is 11.6 Å². The van der Waals surface area contributed by atoms with Crippen molar-refractivity contribution in [2.75, 3.05) is 5.88 Å². The minimum absolute atomic E-state index is 0.0293. The molecule has 0 radical (unpaired) electrons. The topological polar surface area (TPSA) is 49.3 Å². The highest BCUT2D eigenvalue weighted by Crippen LogP contribution is 2.23. The molecule has 5 heteroatoms. The van der Waals surface area contributed by atoms with Gasteiger partial charge in [0.1, 0.15) is 5.75 Å². The molecular weight excluding hydrogens is 261 g/mol. The summed E-state index contributed by atoms with van der Waals surface area (Å²) in [6.45, 7) is 1.92. The molecule has 1 rings (SSSR count). The van der Waals surface area contributed by atoms with Crippen molar-refractivity contribution >= 4 is 29.1 Å². The van der Waals surface area contributed by atoms with E-state index in [4.69, 9.17) is 23.2 Å². The molecule has 0 saturated carbocycles. The number of halogens is 2. The normalized spacial score (nSPS) is 12.2. The van der Waals surface area contributed by atoms with E-state index in [2.05, 4.69) is 5.32 Å². The zero-order chi connectivity index (χ0) is 12.8.